The quantitative estimate of drug-likeness (QED) is 0.746. The van der Waals surface area contributed by atoms with Gasteiger partial charge in [0.05, 0.1) is 17.1 Å². The largest absolute Gasteiger partial charge is 0.353 e. The molecule has 0 spiro atoms. The molecule has 0 aromatic heterocycles. The number of halogens is 1. The average molecular weight is 374 g/mol. The Morgan fingerprint density at radius 2 is 1.65 bits per heavy atom. The van der Waals surface area contributed by atoms with Crippen molar-refractivity contribution in [3.63, 3.8) is 0 Å². The molecule has 0 saturated carbocycles. The van der Waals surface area contributed by atoms with Gasteiger partial charge in [-0.1, -0.05) is 54.1 Å². The second-order valence-electron chi connectivity index (χ2n) is 6.27. The van der Waals surface area contributed by atoms with Crippen LogP contribution in [0.25, 0.3) is 0 Å². The van der Waals surface area contributed by atoms with E-state index in [-0.39, 0.29) is 24.4 Å². The highest BCUT2D eigenvalue weighted by atomic mass is 35.5. The molecule has 26 heavy (non-hydrogen) atoms. The third kappa shape index (κ3) is 6.17. The average Bonchev–Trinajstić information content (AvgIpc) is 2.64. The molecule has 0 heterocycles. The van der Waals surface area contributed by atoms with E-state index >= 15 is 0 Å². The standard InChI is InChI=1S/C20H24ClN3O2/c1-24(2)16(12-15-8-4-3-5-9-15)13-22-19(25)14-23-20(26)17-10-6-7-11-18(17)21/h3-11,16H,12-14H2,1-2H3,(H,22,25)(H,23,26). The summed E-state index contributed by atoms with van der Waals surface area (Å²) >= 11 is 5.98. The summed E-state index contributed by atoms with van der Waals surface area (Å²) in [6.45, 7) is 0.415. The first kappa shape index (κ1) is 19.9. The van der Waals surface area contributed by atoms with Crippen LogP contribution in [0.15, 0.2) is 54.6 Å². The summed E-state index contributed by atoms with van der Waals surface area (Å²) in [6, 6.07) is 17.0. The van der Waals surface area contributed by atoms with Crippen LogP contribution in [0.2, 0.25) is 5.02 Å². The Labute approximate surface area is 159 Å². The molecular formula is C20H24ClN3O2. The van der Waals surface area contributed by atoms with Crippen molar-refractivity contribution in [2.45, 2.75) is 12.5 Å². The molecule has 138 valence electrons. The number of hydrogen-bond acceptors (Lipinski definition) is 3. The maximum Gasteiger partial charge on any atom is 0.253 e. The molecular weight excluding hydrogens is 350 g/mol. The van der Waals surface area contributed by atoms with E-state index in [9.17, 15) is 9.59 Å². The summed E-state index contributed by atoms with van der Waals surface area (Å²) in [5, 5.41) is 5.83. The maximum absolute atomic E-state index is 12.1. The van der Waals surface area contributed by atoms with E-state index in [0.717, 1.165) is 6.42 Å². The number of likely N-dealkylation sites (N-methyl/N-ethyl adjacent to an activating group) is 1. The van der Waals surface area contributed by atoms with Crippen molar-refractivity contribution in [1.29, 1.82) is 0 Å². The van der Waals surface area contributed by atoms with Gasteiger partial charge in [0.1, 0.15) is 0 Å². The monoisotopic (exact) mass is 373 g/mol. The third-order valence-electron chi connectivity index (χ3n) is 4.11. The fourth-order valence-electron chi connectivity index (χ4n) is 2.52. The first-order valence-corrected chi connectivity index (χ1v) is 8.85. The number of benzene rings is 2. The molecule has 2 aromatic carbocycles. The lowest BCUT2D eigenvalue weighted by Gasteiger charge is -2.24. The second-order valence-corrected chi connectivity index (χ2v) is 6.68. The topological polar surface area (TPSA) is 61.4 Å². The van der Waals surface area contributed by atoms with E-state index < -0.39 is 0 Å². The van der Waals surface area contributed by atoms with Crippen molar-refractivity contribution in [1.82, 2.24) is 15.5 Å². The Kier molecular flexibility index (Phi) is 7.63. The number of nitrogens with zero attached hydrogens (tertiary/aromatic N) is 1. The van der Waals surface area contributed by atoms with E-state index in [2.05, 4.69) is 27.7 Å². The van der Waals surface area contributed by atoms with E-state index in [4.69, 9.17) is 11.6 Å². The first-order valence-electron chi connectivity index (χ1n) is 8.47. The number of amides is 2. The van der Waals surface area contributed by atoms with Crippen LogP contribution in [0, 0.1) is 0 Å². The lowest BCUT2D eigenvalue weighted by atomic mass is 10.1. The molecule has 2 amide bonds. The fraction of sp³-hybridized carbons (Fsp3) is 0.300. The molecule has 2 N–H and O–H groups in total. The Hall–Kier alpha value is -2.37. The molecule has 6 heteroatoms. The maximum atomic E-state index is 12.1. The van der Waals surface area contributed by atoms with Crippen molar-refractivity contribution in [2.24, 2.45) is 0 Å². The lowest BCUT2D eigenvalue weighted by molar-refractivity contribution is -0.120. The molecule has 0 radical (unpaired) electrons. The van der Waals surface area contributed by atoms with Crippen molar-refractivity contribution < 1.29 is 9.59 Å². The van der Waals surface area contributed by atoms with Gasteiger partial charge in [-0.2, -0.15) is 0 Å². The van der Waals surface area contributed by atoms with Crippen LogP contribution >= 0.6 is 11.6 Å². The number of carbonyl (C=O) groups is 2. The number of rotatable bonds is 8. The minimum Gasteiger partial charge on any atom is -0.353 e. The molecule has 0 aliphatic rings. The summed E-state index contributed by atoms with van der Waals surface area (Å²) < 4.78 is 0. The van der Waals surface area contributed by atoms with E-state index in [0.29, 0.717) is 17.1 Å². The van der Waals surface area contributed by atoms with Gasteiger partial charge < -0.3 is 15.5 Å². The first-order chi connectivity index (χ1) is 12.5. The van der Waals surface area contributed by atoms with Gasteiger partial charge in [-0.15, -0.1) is 0 Å². The highest BCUT2D eigenvalue weighted by Crippen LogP contribution is 2.14. The van der Waals surface area contributed by atoms with Crippen LogP contribution in [-0.2, 0) is 11.2 Å². The van der Waals surface area contributed by atoms with Crippen molar-refractivity contribution in [2.75, 3.05) is 27.2 Å². The molecule has 1 atom stereocenters. The van der Waals surface area contributed by atoms with Crippen molar-refractivity contribution in [3.8, 4) is 0 Å². The smallest absolute Gasteiger partial charge is 0.253 e. The number of carbonyl (C=O) groups excluding carboxylic acids is 2. The number of hydrogen-bond donors (Lipinski definition) is 2. The zero-order valence-corrected chi connectivity index (χ0v) is 15.8. The molecule has 2 aromatic rings. The van der Waals surface area contributed by atoms with Gasteiger partial charge in [-0.05, 0) is 38.2 Å². The Morgan fingerprint density at radius 1 is 1.00 bits per heavy atom. The van der Waals surface area contributed by atoms with Gasteiger partial charge in [-0.3, -0.25) is 9.59 Å². The Balaban J connectivity index is 1.81. The Bertz CT molecular complexity index is 735. The van der Waals surface area contributed by atoms with Gasteiger partial charge >= 0.3 is 0 Å². The zero-order chi connectivity index (χ0) is 18.9. The molecule has 0 fully saturated rings. The summed E-state index contributed by atoms with van der Waals surface area (Å²) in [5.41, 5.74) is 1.57. The third-order valence-corrected chi connectivity index (χ3v) is 4.44. The molecule has 0 saturated heterocycles. The van der Waals surface area contributed by atoms with Crippen LogP contribution in [0.3, 0.4) is 0 Å². The van der Waals surface area contributed by atoms with E-state index in [1.807, 2.05) is 32.3 Å². The van der Waals surface area contributed by atoms with Gasteiger partial charge in [0.2, 0.25) is 5.91 Å². The molecule has 0 aliphatic carbocycles. The van der Waals surface area contributed by atoms with Crippen LogP contribution in [0.5, 0.6) is 0 Å². The van der Waals surface area contributed by atoms with Gasteiger partial charge in [0.25, 0.3) is 5.91 Å². The van der Waals surface area contributed by atoms with Crippen LogP contribution < -0.4 is 10.6 Å². The predicted molar refractivity (Wildman–Crippen MR) is 104 cm³/mol. The summed E-state index contributed by atoms with van der Waals surface area (Å²) in [5.74, 6) is -0.593. The van der Waals surface area contributed by atoms with Crippen LogP contribution in [-0.4, -0.2) is 49.9 Å². The zero-order valence-electron chi connectivity index (χ0n) is 15.0. The van der Waals surface area contributed by atoms with Gasteiger partial charge in [0, 0.05) is 12.6 Å². The van der Waals surface area contributed by atoms with Gasteiger partial charge in [-0.25, -0.2) is 0 Å². The fourth-order valence-corrected chi connectivity index (χ4v) is 2.74. The SMILES string of the molecule is CN(C)C(CNC(=O)CNC(=O)c1ccccc1Cl)Cc1ccccc1. The minimum absolute atomic E-state index is 0.0878. The normalized spacial score (nSPS) is 11.8. The highest BCUT2D eigenvalue weighted by molar-refractivity contribution is 6.33. The lowest BCUT2D eigenvalue weighted by Crippen LogP contribution is -2.44. The summed E-state index contributed by atoms with van der Waals surface area (Å²) in [6.07, 6.45) is 0.833. The van der Waals surface area contributed by atoms with Crippen LogP contribution in [0.4, 0.5) is 0 Å². The Morgan fingerprint density at radius 3 is 2.31 bits per heavy atom. The molecule has 5 nitrogen and oxygen atoms in total. The van der Waals surface area contributed by atoms with Gasteiger partial charge in [0.15, 0.2) is 0 Å². The van der Waals surface area contributed by atoms with E-state index in [1.54, 1.807) is 24.3 Å². The number of nitrogens with one attached hydrogen (secondary N) is 2. The van der Waals surface area contributed by atoms with Crippen molar-refractivity contribution in [3.05, 3.63) is 70.7 Å². The predicted octanol–water partition coefficient (Wildman–Crippen LogP) is 2.36. The molecule has 0 aliphatic heterocycles. The highest BCUT2D eigenvalue weighted by Gasteiger charge is 2.15. The molecule has 1 unspecified atom stereocenters. The van der Waals surface area contributed by atoms with Crippen LogP contribution in [0.1, 0.15) is 15.9 Å². The summed E-state index contributed by atoms with van der Waals surface area (Å²) in [4.78, 5) is 26.2. The van der Waals surface area contributed by atoms with E-state index in [1.165, 1.54) is 5.56 Å². The molecule has 2 rings (SSSR count). The summed E-state index contributed by atoms with van der Waals surface area (Å²) in [7, 11) is 3.97. The van der Waals surface area contributed by atoms with Crippen molar-refractivity contribution >= 4 is 23.4 Å². The molecule has 0 bridgehead atoms. The second kappa shape index (κ2) is 9.94. The minimum atomic E-state index is -0.362.